The summed E-state index contributed by atoms with van der Waals surface area (Å²) in [5.41, 5.74) is 11.4. The van der Waals surface area contributed by atoms with Crippen LogP contribution in [0.4, 0.5) is 11.6 Å². The van der Waals surface area contributed by atoms with Crippen LogP contribution in [0.5, 0.6) is 0 Å². The largest absolute Gasteiger partial charge is 0.382 e. The zero-order valence-corrected chi connectivity index (χ0v) is 20.0. The molecule has 0 atom stereocenters. The lowest BCUT2D eigenvalue weighted by Crippen LogP contribution is -2.41. The van der Waals surface area contributed by atoms with Crippen LogP contribution < -0.4 is 10.6 Å². The molecule has 0 bridgehead atoms. The third-order valence-corrected chi connectivity index (χ3v) is 8.94. The van der Waals surface area contributed by atoms with Gasteiger partial charge < -0.3 is 10.6 Å². The predicted molar refractivity (Wildman–Crippen MR) is 133 cm³/mol. The van der Waals surface area contributed by atoms with Crippen LogP contribution in [0.1, 0.15) is 29.5 Å². The number of anilines is 2. The second-order valence-electron chi connectivity index (χ2n) is 9.23. The second-order valence-corrected chi connectivity index (χ2v) is 10.7. The molecule has 168 valence electrons. The first-order valence-electron chi connectivity index (χ1n) is 11.3. The summed E-state index contributed by atoms with van der Waals surface area (Å²) in [5.74, 6) is 1.44. The number of rotatable bonds is 3. The molecule has 1 spiro atoms. The highest BCUT2D eigenvalue weighted by molar-refractivity contribution is 7.99. The van der Waals surface area contributed by atoms with Crippen LogP contribution in [0.15, 0.2) is 58.7 Å². The number of aryl methyl sites for hydroxylation is 1. The molecule has 0 saturated carbocycles. The van der Waals surface area contributed by atoms with Gasteiger partial charge in [-0.2, -0.15) is 9.61 Å². The van der Waals surface area contributed by atoms with E-state index < -0.39 is 0 Å². The molecule has 0 radical (unpaired) electrons. The van der Waals surface area contributed by atoms with E-state index in [-0.39, 0.29) is 0 Å². The number of halogens is 1. The van der Waals surface area contributed by atoms with Gasteiger partial charge in [-0.15, -0.1) is 0 Å². The third kappa shape index (κ3) is 3.54. The van der Waals surface area contributed by atoms with Crippen molar-refractivity contribution < 1.29 is 0 Å². The summed E-state index contributed by atoms with van der Waals surface area (Å²) in [6, 6.07) is 13.1. The summed E-state index contributed by atoms with van der Waals surface area (Å²) in [5, 5.41) is 5.05. The molecule has 4 aromatic rings. The van der Waals surface area contributed by atoms with Crippen molar-refractivity contribution in [2.24, 2.45) is 5.41 Å². The van der Waals surface area contributed by atoms with Crippen molar-refractivity contribution in [3.8, 4) is 0 Å². The summed E-state index contributed by atoms with van der Waals surface area (Å²) >= 11 is 7.97. The van der Waals surface area contributed by atoms with Gasteiger partial charge in [-0.1, -0.05) is 47.6 Å². The van der Waals surface area contributed by atoms with Crippen molar-refractivity contribution in [1.29, 1.82) is 0 Å². The molecule has 4 heterocycles. The Kier molecular flexibility index (Phi) is 4.99. The molecule has 3 aromatic heterocycles. The van der Waals surface area contributed by atoms with Crippen molar-refractivity contribution in [3.63, 3.8) is 0 Å². The van der Waals surface area contributed by atoms with Gasteiger partial charge in [0, 0.05) is 24.2 Å². The first-order valence-corrected chi connectivity index (χ1v) is 12.5. The fourth-order valence-corrected chi connectivity index (χ4v) is 6.60. The normalized spacial score (nSPS) is 17.1. The van der Waals surface area contributed by atoms with Crippen LogP contribution in [-0.2, 0) is 12.8 Å². The maximum Gasteiger partial charge on any atom is 0.171 e. The maximum absolute atomic E-state index is 6.41. The molecular formula is C25H25ClN6S. The summed E-state index contributed by atoms with van der Waals surface area (Å²) in [6.07, 6.45) is 8.11. The predicted octanol–water partition coefficient (Wildman–Crippen LogP) is 5.20. The standard InChI is InChI=1S/C25H25ClN6S/c1-16-12-20(31-10-7-25(8-11-31)13-17-4-2-3-5-18(17)14-25)32-24(29-15-30-32)22(16)33-19-6-9-28-23(27)21(19)26/h2-6,9,12,15H,7-8,10-11,13-14H2,1H3,(H2,27,28). The summed E-state index contributed by atoms with van der Waals surface area (Å²) < 4.78 is 1.97. The zero-order valence-electron chi connectivity index (χ0n) is 18.5. The summed E-state index contributed by atoms with van der Waals surface area (Å²) in [6.45, 7) is 4.18. The van der Waals surface area contributed by atoms with E-state index in [0.717, 1.165) is 39.9 Å². The Labute approximate surface area is 202 Å². The maximum atomic E-state index is 6.41. The number of hydrogen-bond donors (Lipinski definition) is 1. The SMILES string of the molecule is Cc1cc(N2CCC3(CC2)Cc2ccccc2C3)n2ncnc2c1Sc1ccnc(N)c1Cl. The number of aromatic nitrogens is 4. The lowest BCUT2D eigenvalue weighted by Gasteiger charge is -2.40. The summed E-state index contributed by atoms with van der Waals surface area (Å²) in [7, 11) is 0. The van der Waals surface area contributed by atoms with Crippen LogP contribution in [0.2, 0.25) is 5.02 Å². The third-order valence-electron chi connectivity index (χ3n) is 7.16. The molecule has 2 aliphatic rings. The van der Waals surface area contributed by atoms with E-state index in [4.69, 9.17) is 17.3 Å². The fourth-order valence-electron chi connectivity index (χ4n) is 5.38. The van der Waals surface area contributed by atoms with Gasteiger partial charge in [0.1, 0.15) is 18.0 Å². The van der Waals surface area contributed by atoms with Crippen molar-refractivity contribution in [3.05, 3.63) is 70.6 Å². The first-order chi connectivity index (χ1) is 16.0. The first kappa shape index (κ1) is 20.8. The van der Waals surface area contributed by atoms with Crippen LogP contribution in [0, 0.1) is 12.3 Å². The van der Waals surface area contributed by atoms with E-state index >= 15 is 0 Å². The van der Waals surface area contributed by atoms with E-state index in [1.165, 1.54) is 36.8 Å². The molecule has 33 heavy (non-hydrogen) atoms. The quantitative estimate of drug-likeness (QED) is 0.438. The van der Waals surface area contributed by atoms with Gasteiger partial charge in [0.2, 0.25) is 0 Å². The Hall–Kier alpha value is -2.77. The highest BCUT2D eigenvalue weighted by Gasteiger charge is 2.40. The fraction of sp³-hybridized carbons (Fsp3) is 0.320. The average Bonchev–Trinajstić information content (AvgIpc) is 3.44. The highest BCUT2D eigenvalue weighted by Crippen LogP contribution is 2.46. The number of fused-ring (bicyclic) bond motifs is 2. The topological polar surface area (TPSA) is 72.3 Å². The minimum absolute atomic E-state index is 0.338. The molecule has 6 nitrogen and oxygen atoms in total. The van der Waals surface area contributed by atoms with Crippen molar-refractivity contribution in [2.45, 2.75) is 42.4 Å². The Bertz CT molecular complexity index is 1330. The van der Waals surface area contributed by atoms with Crippen molar-refractivity contribution >= 4 is 40.6 Å². The Morgan fingerprint density at radius 2 is 1.79 bits per heavy atom. The molecule has 1 aromatic carbocycles. The van der Waals surface area contributed by atoms with E-state index in [2.05, 4.69) is 57.2 Å². The number of nitrogen functional groups attached to an aromatic ring is 1. The van der Waals surface area contributed by atoms with Gasteiger partial charge >= 0.3 is 0 Å². The number of nitrogens with two attached hydrogens (primary N) is 1. The monoisotopic (exact) mass is 476 g/mol. The molecule has 1 saturated heterocycles. The minimum atomic E-state index is 0.338. The molecule has 6 rings (SSSR count). The molecule has 0 unspecified atom stereocenters. The van der Waals surface area contributed by atoms with Gasteiger partial charge in [-0.05, 0) is 66.8 Å². The smallest absolute Gasteiger partial charge is 0.171 e. The molecule has 2 N–H and O–H groups in total. The Morgan fingerprint density at radius 1 is 1.06 bits per heavy atom. The molecule has 8 heteroatoms. The zero-order chi connectivity index (χ0) is 22.6. The molecule has 1 aliphatic carbocycles. The Balaban J connectivity index is 1.28. The van der Waals surface area contributed by atoms with Gasteiger partial charge in [-0.25, -0.2) is 9.97 Å². The van der Waals surface area contributed by atoms with Gasteiger partial charge in [0.05, 0.1) is 9.92 Å². The molecule has 1 aliphatic heterocycles. The van der Waals surface area contributed by atoms with E-state index in [1.54, 1.807) is 24.3 Å². The second kappa shape index (κ2) is 7.92. The van der Waals surface area contributed by atoms with Gasteiger partial charge in [-0.3, -0.25) is 0 Å². The van der Waals surface area contributed by atoms with E-state index in [9.17, 15) is 0 Å². The average molecular weight is 477 g/mol. The number of pyridine rings is 2. The number of piperidine rings is 1. The Morgan fingerprint density at radius 3 is 2.52 bits per heavy atom. The van der Waals surface area contributed by atoms with Crippen LogP contribution in [0.25, 0.3) is 5.65 Å². The number of nitrogens with zero attached hydrogens (tertiary/aromatic N) is 5. The van der Waals surface area contributed by atoms with E-state index in [0.29, 0.717) is 16.3 Å². The number of benzene rings is 1. The van der Waals surface area contributed by atoms with Crippen LogP contribution >= 0.6 is 23.4 Å². The van der Waals surface area contributed by atoms with Gasteiger partial charge in [0.25, 0.3) is 0 Å². The molecular weight excluding hydrogens is 452 g/mol. The number of hydrogen-bond acceptors (Lipinski definition) is 6. The van der Waals surface area contributed by atoms with Crippen molar-refractivity contribution in [1.82, 2.24) is 19.6 Å². The molecule has 1 fully saturated rings. The highest BCUT2D eigenvalue weighted by atomic mass is 35.5. The lowest BCUT2D eigenvalue weighted by molar-refractivity contribution is 0.232. The molecule has 0 amide bonds. The van der Waals surface area contributed by atoms with Crippen LogP contribution in [0.3, 0.4) is 0 Å². The summed E-state index contributed by atoms with van der Waals surface area (Å²) in [4.78, 5) is 13.0. The van der Waals surface area contributed by atoms with Crippen LogP contribution in [-0.4, -0.2) is 32.7 Å². The van der Waals surface area contributed by atoms with Crippen molar-refractivity contribution in [2.75, 3.05) is 23.7 Å². The minimum Gasteiger partial charge on any atom is -0.382 e. The lowest BCUT2D eigenvalue weighted by atomic mass is 9.76. The van der Waals surface area contributed by atoms with E-state index in [1.807, 2.05) is 10.6 Å². The van der Waals surface area contributed by atoms with Gasteiger partial charge in [0.15, 0.2) is 5.65 Å².